The van der Waals surface area contributed by atoms with E-state index in [-0.39, 0.29) is 17.3 Å². The molecule has 1 N–H and O–H groups in total. The van der Waals surface area contributed by atoms with Crippen molar-refractivity contribution in [2.24, 2.45) is 0 Å². The second kappa shape index (κ2) is 6.66. The lowest BCUT2D eigenvalue weighted by atomic mass is 10.1. The lowest BCUT2D eigenvalue weighted by Crippen LogP contribution is -2.13. The minimum atomic E-state index is -5.06. The fourth-order valence-corrected chi connectivity index (χ4v) is 2.52. The van der Waals surface area contributed by atoms with Crippen LogP contribution >= 0.6 is 0 Å². The first-order valence-electron chi connectivity index (χ1n) is 7.53. The molecule has 1 heterocycles. The predicted molar refractivity (Wildman–Crippen MR) is 83.8 cm³/mol. The third-order valence-electron chi connectivity index (χ3n) is 3.74. The van der Waals surface area contributed by atoms with Crippen molar-refractivity contribution in [3.63, 3.8) is 0 Å². The van der Waals surface area contributed by atoms with Gasteiger partial charge in [0.2, 0.25) is 0 Å². The molecule has 0 radical (unpaired) electrons. The molecule has 146 valence electrons. The summed E-state index contributed by atoms with van der Waals surface area (Å²) in [5, 5.41) is 16.2. The number of aromatic carboxylic acids is 1. The normalized spacial score (nSPS) is 12.2. The standard InChI is InChI=1S/C17H9F6N3O2/c18-16(19,20)10-6-11(17(21,22)23)8-12(7-10)26-14(9-4-2-1-3-5-9)13(15(27)28)24-25-26/h1-8H,(H,27,28). The largest absolute Gasteiger partial charge is 0.476 e. The van der Waals surface area contributed by atoms with E-state index >= 15 is 0 Å². The SMILES string of the molecule is O=C(O)c1nnn(-c2cc(C(F)(F)F)cc(C(F)(F)F)c2)c1-c1ccccc1. The van der Waals surface area contributed by atoms with Crippen LogP contribution in [-0.2, 0) is 12.4 Å². The van der Waals surface area contributed by atoms with Crippen LogP contribution in [-0.4, -0.2) is 26.1 Å². The molecule has 0 bridgehead atoms. The molecular formula is C17H9F6N3O2. The van der Waals surface area contributed by atoms with Crippen molar-refractivity contribution < 1.29 is 36.2 Å². The number of carbonyl (C=O) groups is 1. The number of hydrogen-bond donors (Lipinski definition) is 1. The average Bonchev–Trinajstić information content (AvgIpc) is 3.06. The van der Waals surface area contributed by atoms with Crippen LogP contribution in [0.15, 0.2) is 48.5 Å². The van der Waals surface area contributed by atoms with Crippen LogP contribution in [0.2, 0.25) is 0 Å². The van der Waals surface area contributed by atoms with Crippen LogP contribution in [0.1, 0.15) is 21.6 Å². The molecule has 3 rings (SSSR count). The summed E-state index contributed by atoms with van der Waals surface area (Å²) < 4.78 is 79.3. The highest BCUT2D eigenvalue weighted by Gasteiger charge is 2.37. The number of halogens is 6. The number of hydrogen-bond acceptors (Lipinski definition) is 3. The molecule has 0 atom stereocenters. The summed E-state index contributed by atoms with van der Waals surface area (Å²) in [4.78, 5) is 11.4. The predicted octanol–water partition coefficient (Wildman–Crippen LogP) is 4.67. The van der Waals surface area contributed by atoms with E-state index in [1.54, 1.807) is 6.07 Å². The van der Waals surface area contributed by atoms with Crippen molar-refractivity contribution in [3.05, 3.63) is 65.4 Å². The summed E-state index contributed by atoms with van der Waals surface area (Å²) in [5.41, 5.74) is -4.39. The first kappa shape index (κ1) is 19.4. The van der Waals surface area contributed by atoms with Gasteiger partial charge in [0.05, 0.1) is 16.8 Å². The molecule has 0 fully saturated rings. The fraction of sp³-hybridized carbons (Fsp3) is 0.118. The van der Waals surface area contributed by atoms with Gasteiger partial charge in [-0.1, -0.05) is 35.5 Å². The van der Waals surface area contributed by atoms with Gasteiger partial charge in [-0.25, -0.2) is 9.48 Å². The van der Waals surface area contributed by atoms with E-state index in [9.17, 15) is 36.2 Å². The van der Waals surface area contributed by atoms with Crippen molar-refractivity contribution in [1.82, 2.24) is 15.0 Å². The van der Waals surface area contributed by atoms with Crippen LogP contribution in [0.25, 0.3) is 16.9 Å². The lowest BCUT2D eigenvalue weighted by Gasteiger charge is -2.15. The quantitative estimate of drug-likeness (QED) is 0.648. The Balaban J connectivity index is 2.31. The molecule has 0 saturated carbocycles. The highest BCUT2D eigenvalue weighted by Crippen LogP contribution is 2.38. The van der Waals surface area contributed by atoms with Crippen molar-refractivity contribution in [2.45, 2.75) is 12.4 Å². The molecule has 0 aliphatic heterocycles. The molecule has 0 aliphatic rings. The molecule has 0 spiro atoms. The van der Waals surface area contributed by atoms with Gasteiger partial charge in [0.25, 0.3) is 0 Å². The zero-order valence-corrected chi connectivity index (χ0v) is 13.6. The molecule has 0 aliphatic carbocycles. The Morgan fingerprint density at radius 1 is 0.893 bits per heavy atom. The van der Waals surface area contributed by atoms with Gasteiger partial charge in [-0.05, 0) is 18.2 Å². The number of nitrogens with zero attached hydrogens (tertiary/aromatic N) is 3. The smallest absolute Gasteiger partial charge is 0.416 e. The van der Waals surface area contributed by atoms with Crippen LogP contribution in [0.5, 0.6) is 0 Å². The zero-order chi connectivity index (χ0) is 20.7. The van der Waals surface area contributed by atoms with Gasteiger partial charge < -0.3 is 5.11 Å². The minimum Gasteiger partial charge on any atom is -0.476 e. The molecule has 3 aromatic rings. The average molecular weight is 401 g/mol. The first-order chi connectivity index (χ1) is 13.0. The highest BCUT2D eigenvalue weighted by molar-refractivity contribution is 5.93. The zero-order valence-electron chi connectivity index (χ0n) is 13.6. The number of carboxylic acids is 1. The molecule has 2 aromatic carbocycles. The summed E-state index contributed by atoms with van der Waals surface area (Å²) in [6.45, 7) is 0. The van der Waals surface area contributed by atoms with Gasteiger partial charge in [-0.3, -0.25) is 0 Å². The van der Waals surface area contributed by atoms with E-state index in [0.717, 1.165) is 0 Å². The second-order valence-electron chi connectivity index (χ2n) is 5.63. The molecule has 0 saturated heterocycles. The summed E-state index contributed by atoms with van der Waals surface area (Å²) in [7, 11) is 0. The molecule has 5 nitrogen and oxygen atoms in total. The summed E-state index contributed by atoms with van der Waals surface area (Å²) in [6, 6.07) is 8.37. The van der Waals surface area contributed by atoms with Crippen molar-refractivity contribution in [3.8, 4) is 16.9 Å². The summed E-state index contributed by atoms with van der Waals surface area (Å²) in [5.74, 6) is -1.53. The Kier molecular flexibility index (Phi) is 4.61. The topological polar surface area (TPSA) is 68.0 Å². The van der Waals surface area contributed by atoms with E-state index in [0.29, 0.717) is 16.8 Å². The molecule has 0 unspecified atom stereocenters. The highest BCUT2D eigenvalue weighted by atomic mass is 19.4. The summed E-state index contributed by atoms with van der Waals surface area (Å²) >= 11 is 0. The molecule has 0 amide bonds. The number of aromatic nitrogens is 3. The third kappa shape index (κ3) is 3.68. The summed E-state index contributed by atoms with van der Waals surface area (Å²) in [6.07, 6.45) is -10.1. The monoisotopic (exact) mass is 401 g/mol. The van der Waals surface area contributed by atoms with Crippen LogP contribution in [0.4, 0.5) is 26.3 Å². The van der Waals surface area contributed by atoms with Gasteiger partial charge >= 0.3 is 18.3 Å². The van der Waals surface area contributed by atoms with E-state index in [1.165, 1.54) is 24.3 Å². The van der Waals surface area contributed by atoms with Crippen LogP contribution in [0.3, 0.4) is 0 Å². The number of carboxylic acid groups (broad SMARTS) is 1. The molecular weight excluding hydrogens is 392 g/mol. The van der Waals surface area contributed by atoms with E-state index in [4.69, 9.17) is 0 Å². The fourth-order valence-electron chi connectivity index (χ4n) is 2.52. The number of benzene rings is 2. The molecule has 28 heavy (non-hydrogen) atoms. The second-order valence-corrected chi connectivity index (χ2v) is 5.63. The maximum Gasteiger partial charge on any atom is 0.416 e. The molecule has 11 heteroatoms. The Bertz CT molecular complexity index is 993. The Hall–Kier alpha value is -3.37. The Morgan fingerprint density at radius 2 is 1.43 bits per heavy atom. The van der Waals surface area contributed by atoms with Crippen molar-refractivity contribution >= 4 is 5.97 Å². The number of alkyl halides is 6. The maximum atomic E-state index is 13.1. The van der Waals surface area contributed by atoms with Crippen molar-refractivity contribution in [1.29, 1.82) is 0 Å². The molecule has 1 aromatic heterocycles. The van der Waals surface area contributed by atoms with Gasteiger partial charge in [-0.2, -0.15) is 26.3 Å². The Morgan fingerprint density at radius 3 is 1.89 bits per heavy atom. The van der Waals surface area contributed by atoms with E-state index in [1.807, 2.05) is 0 Å². The third-order valence-corrected chi connectivity index (χ3v) is 3.74. The first-order valence-corrected chi connectivity index (χ1v) is 7.53. The van der Waals surface area contributed by atoms with E-state index in [2.05, 4.69) is 10.3 Å². The maximum absolute atomic E-state index is 13.1. The van der Waals surface area contributed by atoms with Gasteiger partial charge in [0, 0.05) is 5.56 Å². The van der Waals surface area contributed by atoms with Crippen LogP contribution < -0.4 is 0 Å². The number of rotatable bonds is 3. The van der Waals surface area contributed by atoms with Crippen molar-refractivity contribution in [2.75, 3.05) is 0 Å². The van der Waals surface area contributed by atoms with Gasteiger partial charge in [0.1, 0.15) is 5.69 Å². The van der Waals surface area contributed by atoms with Gasteiger partial charge in [-0.15, -0.1) is 5.10 Å². The van der Waals surface area contributed by atoms with Gasteiger partial charge in [0.15, 0.2) is 5.69 Å². The van der Waals surface area contributed by atoms with Crippen LogP contribution in [0, 0.1) is 0 Å². The minimum absolute atomic E-state index is 0.0271. The Labute approximate surface area is 152 Å². The van der Waals surface area contributed by atoms with E-state index < -0.39 is 40.8 Å². The lowest BCUT2D eigenvalue weighted by molar-refractivity contribution is -0.143.